The van der Waals surface area contributed by atoms with Gasteiger partial charge in [-0.3, -0.25) is 4.79 Å². The fourth-order valence-electron chi connectivity index (χ4n) is 1.70. The van der Waals surface area contributed by atoms with Crippen molar-refractivity contribution >= 4 is 5.78 Å². The number of carbonyl (C=O) groups excluding carboxylic acids is 1. The van der Waals surface area contributed by atoms with Crippen LogP contribution < -0.4 is 0 Å². The van der Waals surface area contributed by atoms with Gasteiger partial charge in [0.25, 0.3) is 0 Å². The van der Waals surface area contributed by atoms with E-state index in [9.17, 15) is 13.6 Å². The van der Waals surface area contributed by atoms with Gasteiger partial charge in [-0.2, -0.15) is 0 Å². The third-order valence-corrected chi connectivity index (χ3v) is 2.70. The van der Waals surface area contributed by atoms with E-state index in [1.54, 1.807) is 24.0 Å². The van der Waals surface area contributed by atoms with Crippen molar-refractivity contribution < 1.29 is 13.6 Å². The van der Waals surface area contributed by atoms with E-state index in [0.29, 0.717) is 5.82 Å². The second-order valence-corrected chi connectivity index (χ2v) is 4.06. The Morgan fingerprint density at radius 3 is 2.78 bits per heavy atom. The van der Waals surface area contributed by atoms with Crippen LogP contribution in [-0.2, 0) is 24.7 Å². The van der Waals surface area contributed by atoms with E-state index in [0.717, 1.165) is 6.07 Å². The number of imidazole rings is 1. The quantitative estimate of drug-likeness (QED) is 0.832. The van der Waals surface area contributed by atoms with E-state index in [2.05, 4.69) is 4.98 Å². The molecule has 0 aliphatic heterocycles. The molecule has 0 amide bonds. The zero-order valence-corrected chi connectivity index (χ0v) is 9.86. The molecule has 0 radical (unpaired) electrons. The third-order valence-electron chi connectivity index (χ3n) is 2.70. The van der Waals surface area contributed by atoms with Crippen LogP contribution in [0.4, 0.5) is 8.78 Å². The van der Waals surface area contributed by atoms with Crippen LogP contribution in [-0.4, -0.2) is 15.3 Å². The van der Waals surface area contributed by atoms with Gasteiger partial charge in [-0.15, -0.1) is 0 Å². The van der Waals surface area contributed by atoms with Gasteiger partial charge in [0.1, 0.15) is 11.6 Å². The molecular formula is C13H12F2N2O. The zero-order chi connectivity index (χ0) is 13.1. The molecule has 2 aromatic rings. The molecule has 0 spiro atoms. The first-order valence-electron chi connectivity index (χ1n) is 5.48. The zero-order valence-electron chi connectivity index (χ0n) is 9.86. The largest absolute Gasteiger partial charge is 0.338 e. The highest BCUT2D eigenvalue weighted by molar-refractivity contribution is 5.82. The molecule has 1 heterocycles. The lowest BCUT2D eigenvalue weighted by Gasteiger charge is -2.04. The molecule has 0 fully saturated rings. The van der Waals surface area contributed by atoms with Gasteiger partial charge in [0.05, 0.1) is 6.42 Å². The molecule has 1 aromatic carbocycles. The number of aryl methyl sites for hydroxylation is 1. The second kappa shape index (κ2) is 5.08. The molecule has 0 aliphatic carbocycles. The van der Waals surface area contributed by atoms with Crippen molar-refractivity contribution in [1.29, 1.82) is 0 Å². The number of hydrogen-bond acceptors (Lipinski definition) is 2. The van der Waals surface area contributed by atoms with Crippen molar-refractivity contribution in [2.24, 2.45) is 7.05 Å². The number of rotatable bonds is 4. The molecule has 0 aliphatic rings. The van der Waals surface area contributed by atoms with Crippen molar-refractivity contribution in [3.05, 3.63) is 53.6 Å². The first-order valence-corrected chi connectivity index (χ1v) is 5.48. The number of Topliss-reactive ketones (excluding diaryl/α,β-unsaturated/α-hetero) is 1. The van der Waals surface area contributed by atoms with Crippen molar-refractivity contribution in [2.45, 2.75) is 12.8 Å². The van der Waals surface area contributed by atoms with Gasteiger partial charge >= 0.3 is 0 Å². The van der Waals surface area contributed by atoms with Crippen molar-refractivity contribution in [3.8, 4) is 0 Å². The van der Waals surface area contributed by atoms with E-state index in [4.69, 9.17) is 0 Å². The molecule has 5 heteroatoms. The summed E-state index contributed by atoms with van der Waals surface area (Å²) in [5.74, 6) is -1.48. The minimum atomic E-state index is -0.953. The van der Waals surface area contributed by atoms with Crippen molar-refractivity contribution in [1.82, 2.24) is 9.55 Å². The van der Waals surface area contributed by atoms with Crippen LogP contribution in [0, 0.1) is 11.6 Å². The molecule has 0 N–H and O–H groups in total. The summed E-state index contributed by atoms with van der Waals surface area (Å²) in [5.41, 5.74) is 0.0780. The van der Waals surface area contributed by atoms with Gasteiger partial charge in [0.2, 0.25) is 0 Å². The molecule has 0 saturated heterocycles. The fourth-order valence-corrected chi connectivity index (χ4v) is 1.70. The lowest BCUT2D eigenvalue weighted by Crippen LogP contribution is -2.11. The predicted molar refractivity (Wildman–Crippen MR) is 62.0 cm³/mol. The number of hydrogen-bond donors (Lipinski definition) is 0. The minimum Gasteiger partial charge on any atom is -0.338 e. The van der Waals surface area contributed by atoms with Crippen LogP contribution in [0.1, 0.15) is 11.4 Å². The summed E-state index contributed by atoms with van der Waals surface area (Å²) in [4.78, 5) is 15.8. The third kappa shape index (κ3) is 2.61. The van der Waals surface area contributed by atoms with E-state index in [1.165, 1.54) is 12.1 Å². The minimum absolute atomic E-state index is 0.0780. The summed E-state index contributed by atoms with van der Waals surface area (Å²) in [6, 6.07) is 3.83. The van der Waals surface area contributed by atoms with Gasteiger partial charge in [0.15, 0.2) is 11.6 Å². The van der Waals surface area contributed by atoms with Crippen LogP contribution in [0.25, 0.3) is 0 Å². The Labute approximate surface area is 103 Å². The average molecular weight is 250 g/mol. The number of halogens is 2. The lowest BCUT2D eigenvalue weighted by atomic mass is 10.1. The number of aromatic nitrogens is 2. The first-order chi connectivity index (χ1) is 8.58. The molecule has 0 saturated carbocycles. The molecular weight excluding hydrogens is 238 g/mol. The Kier molecular flexibility index (Phi) is 3.50. The van der Waals surface area contributed by atoms with Gasteiger partial charge in [0, 0.05) is 25.9 Å². The van der Waals surface area contributed by atoms with E-state index in [-0.39, 0.29) is 24.2 Å². The topological polar surface area (TPSA) is 34.9 Å². The standard InChI is InChI=1S/C13H12F2N2O/c1-17-6-5-16-12(17)8-10(18)7-9-3-2-4-11(14)13(9)15/h2-6H,7-8H2,1H3. The van der Waals surface area contributed by atoms with E-state index < -0.39 is 11.6 Å². The van der Waals surface area contributed by atoms with Gasteiger partial charge in [-0.25, -0.2) is 13.8 Å². The Hall–Kier alpha value is -2.04. The van der Waals surface area contributed by atoms with Crippen LogP contribution >= 0.6 is 0 Å². The summed E-state index contributed by atoms with van der Waals surface area (Å²) in [5, 5.41) is 0. The maximum absolute atomic E-state index is 13.4. The first kappa shape index (κ1) is 12.4. The summed E-state index contributed by atoms with van der Waals surface area (Å²) < 4.78 is 28.1. The second-order valence-electron chi connectivity index (χ2n) is 4.06. The Morgan fingerprint density at radius 2 is 2.11 bits per heavy atom. The average Bonchev–Trinajstić information content (AvgIpc) is 2.71. The summed E-state index contributed by atoms with van der Waals surface area (Å²) >= 11 is 0. The monoisotopic (exact) mass is 250 g/mol. The van der Waals surface area contributed by atoms with Crippen LogP contribution in [0.5, 0.6) is 0 Å². The highest BCUT2D eigenvalue weighted by Crippen LogP contribution is 2.13. The SMILES string of the molecule is Cn1ccnc1CC(=O)Cc1cccc(F)c1F. The lowest BCUT2D eigenvalue weighted by molar-refractivity contribution is -0.118. The molecule has 1 aromatic heterocycles. The Balaban J connectivity index is 2.08. The highest BCUT2D eigenvalue weighted by atomic mass is 19.2. The highest BCUT2D eigenvalue weighted by Gasteiger charge is 2.13. The van der Waals surface area contributed by atoms with E-state index in [1.807, 2.05) is 0 Å². The molecule has 0 bridgehead atoms. The number of ketones is 1. The maximum atomic E-state index is 13.4. The van der Waals surface area contributed by atoms with Gasteiger partial charge < -0.3 is 4.57 Å². The Bertz CT molecular complexity index is 578. The van der Waals surface area contributed by atoms with Gasteiger partial charge in [-0.05, 0) is 11.6 Å². The van der Waals surface area contributed by atoms with Crippen LogP contribution in [0.3, 0.4) is 0 Å². The summed E-state index contributed by atoms with van der Waals surface area (Å²) in [6.07, 6.45) is 3.30. The number of benzene rings is 1. The normalized spacial score (nSPS) is 10.6. The molecule has 2 rings (SSSR count). The molecule has 18 heavy (non-hydrogen) atoms. The molecule has 3 nitrogen and oxygen atoms in total. The molecule has 0 atom stereocenters. The predicted octanol–water partition coefficient (Wildman–Crippen LogP) is 2.05. The van der Waals surface area contributed by atoms with Crippen LogP contribution in [0.2, 0.25) is 0 Å². The Morgan fingerprint density at radius 1 is 1.33 bits per heavy atom. The summed E-state index contributed by atoms with van der Waals surface area (Å²) in [7, 11) is 1.78. The molecule has 0 unspecified atom stereocenters. The maximum Gasteiger partial charge on any atom is 0.162 e. The fraction of sp³-hybridized carbons (Fsp3) is 0.231. The number of nitrogens with zero attached hydrogens (tertiary/aromatic N) is 2. The van der Waals surface area contributed by atoms with E-state index >= 15 is 0 Å². The molecule has 94 valence electrons. The van der Waals surface area contributed by atoms with Crippen LogP contribution in [0.15, 0.2) is 30.6 Å². The van der Waals surface area contributed by atoms with Crippen molar-refractivity contribution in [2.75, 3.05) is 0 Å². The number of carbonyl (C=O) groups is 1. The van der Waals surface area contributed by atoms with Crippen molar-refractivity contribution in [3.63, 3.8) is 0 Å². The van der Waals surface area contributed by atoms with Gasteiger partial charge in [-0.1, -0.05) is 12.1 Å². The summed E-state index contributed by atoms with van der Waals surface area (Å²) in [6.45, 7) is 0. The smallest absolute Gasteiger partial charge is 0.162 e.